The highest BCUT2D eigenvalue weighted by Gasteiger charge is 2.17. The quantitative estimate of drug-likeness (QED) is 0.168. The minimum absolute atomic E-state index is 0.0700. The molecule has 0 radical (unpaired) electrons. The van der Waals surface area contributed by atoms with E-state index in [0.717, 1.165) is 34.1 Å². The SMILES string of the molecule is CC(C)C(=O)Nc1cncc(-c2ccc3[nH]nc(-c4nc5nccc(-c6cc(F)cc(NCCN(C)C)c6)c5[nH]4)c3c2)c1. The minimum atomic E-state index is -0.331. The van der Waals surface area contributed by atoms with Crippen LogP contribution in [0, 0.1) is 11.7 Å². The summed E-state index contributed by atoms with van der Waals surface area (Å²) in [6.45, 7) is 5.21. The van der Waals surface area contributed by atoms with Gasteiger partial charge in [0, 0.05) is 53.6 Å². The van der Waals surface area contributed by atoms with E-state index in [1.165, 1.54) is 12.1 Å². The largest absolute Gasteiger partial charge is 0.384 e. The van der Waals surface area contributed by atoms with Crippen LogP contribution in [0.3, 0.4) is 0 Å². The molecule has 218 valence electrons. The van der Waals surface area contributed by atoms with Gasteiger partial charge >= 0.3 is 0 Å². The van der Waals surface area contributed by atoms with Gasteiger partial charge in [0.15, 0.2) is 11.5 Å². The molecule has 1 amide bonds. The number of hydrogen-bond acceptors (Lipinski definition) is 7. The molecule has 6 rings (SSSR count). The van der Waals surface area contributed by atoms with E-state index in [2.05, 4.69) is 40.7 Å². The summed E-state index contributed by atoms with van der Waals surface area (Å²) in [5.74, 6) is -0.00247. The zero-order valence-electron chi connectivity index (χ0n) is 24.4. The lowest BCUT2D eigenvalue weighted by atomic mass is 10.0. The van der Waals surface area contributed by atoms with Gasteiger partial charge < -0.3 is 20.5 Å². The van der Waals surface area contributed by atoms with Crippen LogP contribution in [0.15, 0.2) is 67.1 Å². The second-order valence-corrected chi connectivity index (χ2v) is 11.0. The maximum Gasteiger partial charge on any atom is 0.226 e. The van der Waals surface area contributed by atoms with E-state index in [4.69, 9.17) is 4.98 Å². The molecule has 0 spiro atoms. The zero-order valence-corrected chi connectivity index (χ0v) is 24.4. The molecule has 0 bridgehead atoms. The number of amides is 1. The van der Waals surface area contributed by atoms with Crippen LogP contribution < -0.4 is 10.6 Å². The number of nitrogens with zero attached hydrogens (tertiary/aromatic N) is 5. The van der Waals surface area contributed by atoms with Crippen LogP contribution >= 0.6 is 0 Å². The highest BCUT2D eigenvalue weighted by molar-refractivity contribution is 5.98. The predicted molar refractivity (Wildman–Crippen MR) is 168 cm³/mol. The number of nitrogens with one attached hydrogen (secondary N) is 4. The standard InChI is InChI=1S/C32H32FN9O/c1-18(2)32(43)37-24-13-21(16-34-17-24)19-5-6-27-26(14-19)29(41-40-27)31-38-28-25(7-8-36-30(28)39-31)20-11-22(33)15-23(12-20)35-9-10-42(3)4/h5-8,11-18,35H,9-10H2,1-4H3,(H,37,43)(H,40,41)(H,36,38,39). The summed E-state index contributed by atoms with van der Waals surface area (Å²) in [5, 5.41) is 14.7. The van der Waals surface area contributed by atoms with Crippen LogP contribution in [-0.4, -0.2) is 68.1 Å². The molecule has 4 aromatic heterocycles. The number of carbonyl (C=O) groups excluding carboxylic acids is 1. The van der Waals surface area contributed by atoms with Crippen molar-refractivity contribution in [2.45, 2.75) is 13.8 Å². The van der Waals surface area contributed by atoms with Crippen molar-refractivity contribution >= 4 is 39.3 Å². The number of H-pyrrole nitrogens is 2. The Morgan fingerprint density at radius 3 is 2.65 bits per heavy atom. The van der Waals surface area contributed by atoms with Crippen molar-refractivity contribution in [2.24, 2.45) is 5.92 Å². The van der Waals surface area contributed by atoms with Crippen molar-refractivity contribution in [2.75, 3.05) is 37.8 Å². The van der Waals surface area contributed by atoms with Gasteiger partial charge in [-0.1, -0.05) is 19.9 Å². The first kappa shape index (κ1) is 28.0. The molecule has 0 atom stereocenters. The summed E-state index contributed by atoms with van der Waals surface area (Å²) in [6.07, 6.45) is 5.06. The Morgan fingerprint density at radius 2 is 1.84 bits per heavy atom. The topological polar surface area (TPSA) is 128 Å². The summed E-state index contributed by atoms with van der Waals surface area (Å²) < 4.78 is 14.7. The van der Waals surface area contributed by atoms with Crippen molar-refractivity contribution in [3.05, 3.63) is 72.9 Å². The van der Waals surface area contributed by atoms with E-state index >= 15 is 0 Å². The Bertz CT molecular complexity index is 1940. The van der Waals surface area contributed by atoms with E-state index in [1.807, 2.05) is 64.3 Å². The van der Waals surface area contributed by atoms with Gasteiger partial charge in [-0.15, -0.1) is 0 Å². The first-order chi connectivity index (χ1) is 20.7. The van der Waals surface area contributed by atoms with Gasteiger partial charge in [0.1, 0.15) is 11.5 Å². The van der Waals surface area contributed by atoms with Crippen molar-refractivity contribution in [3.8, 4) is 33.8 Å². The maximum absolute atomic E-state index is 14.7. The van der Waals surface area contributed by atoms with E-state index in [0.29, 0.717) is 46.2 Å². The van der Waals surface area contributed by atoms with E-state index < -0.39 is 0 Å². The average molecular weight is 578 g/mol. The summed E-state index contributed by atoms with van der Waals surface area (Å²) in [7, 11) is 3.99. The molecule has 4 heterocycles. The molecular formula is C32H32FN9O. The number of likely N-dealkylation sites (N-methyl/N-ethyl adjacent to an activating group) is 1. The van der Waals surface area contributed by atoms with Crippen LogP contribution in [0.2, 0.25) is 0 Å². The average Bonchev–Trinajstić information content (AvgIpc) is 3.60. The molecule has 0 aliphatic heterocycles. The number of rotatable bonds is 9. The molecule has 43 heavy (non-hydrogen) atoms. The molecule has 2 aromatic carbocycles. The number of carbonyl (C=O) groups is 1. The molecule has 0 aliphatic carbocycles. The van der Waals surface area contributed by atoms with Crippen LogP contribution in [0.4, 0.5) is 15.8 Å². The fourth-order valence-electron chi connectivity index (χ4n) is 4.86. The van der Waals surface area contributed by atoms with Gasteiger partial charge in [-0.2, -0.15) is 5.10 Å². The lowest BCUT2D eigenvalue weighted by Gasteiger charge is -2.13. The van der Waals surface area contributed by atoms with Gasteiger partial charge in [0.05, 0.1) is 22.9 Å². The van der Waals surface area contributed by atoms with Gasteiger partial charge in [-0.05, 0) is 67.7 Å². The van der Waals surface area contributed by atoms with Crippen molar-refractivity contribution in [3.63, 3.8) is 0 Å². The molecule has 4 N–H and O–H groups in total. The van der Waals surface area contributed by atoms with Crippen molar-refractivity contribution in [1.82, 2.24) is 35.0 Å². The van der Waals surface area contributed by atoms with Gasteiger partial charge in [0.2, 0.25) is 5.91 Å². The minimum Gasteiger partial charge on any atom is -0.384 e. The summed E-state index contributed by atoms with van der Waals surface area (Å²) in [6, 6.07) is 14.6. The first-order valence-corrected chi connectivity index (χ1v) is 14.0. The molecular weight excluding hydrogens is 545 g/mol. The Hall–Kier alpha value is -5.16. The predicted octanol–water partition coefficient (Wildman–Crippen LogP) is 5.94. The molecule has 0 saturated carbocycles. The van der Waals surface area contributed by atoms with Crippen LogP contribution in [0.25, 0.3) is 55.8 Å². The molecule has 0 aliphatic rings. The van der Waals surface area contributed by atoms with Gasteiger partial charge in [-0.3, -0.25) is 14.9 Å². The number of imidazole rings is 1. The van der Waals surface area contributed by atoms with Crippen molar-refractivity contribution in [1.29, 1.82) is 0 Å². The number of aromatic amines is 2. The lowest BCUT2D eigenvalue weighted by molar-refractivity contribution is -0.118. The van der Waals surface area contributed by atoms with Gasteiger partial charge in [0.25, 0.3) is 0 Å². The monoisotopic (exact) mass is 577 g/mol. The molecule has 6 aromatic rings. The molecule has 10 nitrogen and oxygen atoms in total. The Morgan fingerprint density at radius 1 is 1.00 bits per heavy atom. The van der Waals surface area contributed by atoms with E-state index in [-0.39, 0.29) is 17.6 Å². The summed E-state index contributed by atoms with van der Waals surface area (Å²) in [5.41, 5.74) is 7.25. The number of benzene rings is 2. The number of pyridine rings is 2. The Labute approximate surface area is 247 Å². The second kappa shape index (κ2) is 11.6. The molecule has 0 saturated heterocycles. The van der Waals surface area contributed by atoms with E-state index in [9.17, 15) is 9.18 Å². The highest BCUT2D eigenvalue weighted by atomic mass is 19.1. The Balaban J connectivity index is 1.36. The lowest BCUT2D eigenvalue weighted by Crippen LogP contribution is -2.20. The normalized spacial score (nSPS) is 11.6. The summed E-state index contributed by atoms with van der Waals surface area (Å²) >= 11 is 0. The second-order valence-electron chi connectivity index (χ2n) is 11.0. The zero-order chi connectivity index (χ0) is 30.1. The van der Waals surface area contributed by atoms with Crippen LogP contribution in [-0.2, 0) is 4.79 Å². The molecule has 0 unspecified atom stereocenters. The maximum atomic E-state index is 14.7. The van der Waals surface area contributed by atoms with Gasteiger partial charge in [-0.25, -0.2) is 14.4 Å². The third-order valence-electron chi connectivity index (χ3n) is 7.14. The third kappa shape index (κ3) is 5.93. The number of halogens is 1. The molecule has 11 heteroatoms. The molecule has 0 fully saturated rings. The Kier molecular flexibility index (Phi) is 7.56. The number of aromatic nitrogens is 6. The first-order valence-electron chi connectivity index (χ1n) is 14.0. The number of anilines is 2. The smallest absolute Gasteiger partial charge is 0.226 e. The summed E-state index contributed by atoms with van der Waals surface area (Å²) in [4.78, 5) is 31.2. The van der Waals surface area contributed by atoms with E-state index in [1.54, 1.807) is 18.6 Å². The van der Waals surface area contributed by atoms with Crippen LogP contribution in [0.5, 0.6) is 0 Å². The van der Waals surface area contributed by atoms with Crippen LogP contribution in [0.1, 0.15) is 13.8 Å². The number of hydrogen-bond donors (Lipinski definition) is 4. The third-order valence-corrected chi connectivity index (χ3v) is 7.14. The highest BCUT2D eigenvalue weighted by Crippen LogP contribution is 2.34. The fourth-order valence-corrected chi connectivity index (χ4v) is 4.86. The number of fused-ring (bicyclic) bond motifs is 2. The van der Waals surface area contributed by atoms with Crippen molar-refractivity contribution < 1.29 is 9.18 Å². The fraction of sp³-hybridized carbons (Fsp3) is 0.219.